The fourth-order valence-electron chi connectivity index (χ4n) is 1.56. The third-order valence-electron chi connectivity index (χ3n) is 2.19. The molecule has 2 aromatic heterocycles. The molecule has 0 spiro atoms. The number of fused-ring (bicyclic) bond motifs is 3. The molecule has 1 aromatic carbocycles. The van der Waals surface area contributed by atoms with Crippen LogP contribution in [-0.2, 0) is 0 Å². The van der Waals surface area contributed by atoms with E-state index in [1.54, 1.807) is 6.07 Å². The zero-order valence-electron chi connectivity index (χ0n) is 7.15. The molecule has 0 radical (unpaired) electrons. The predicted octanol–water partition coefficient (Wildman–Crippen LogP) is 1.67. The van der Waals surface area contributed by atoms with Gasteiger partial charge in [0.05, 0.1) is 11.8 Å². The summed E-state index contributed by atoms with van der Waals surface area (Å²) in [5, 5.41) is 0.875. The summed E-state index contributed by atoms with van der Waals surface area (Å²) < 4.78 is 5.10. The molecular weight excluding hydrogens is 180 g/mol. The molecule has 0 bridgehead atoms. The third kappa shape index (κ3) is 0.821. The van der Waals surface area contributed by atoms with Crippen LogP contribution in [0.5, 0.6) is 0 Å². The fraction of sp³-hybridized carbons (Fsp3) is 0. The Labute approximate surface area is 78.2 Å². The van der Waals surface area contributed by atoms with Crippen molar-refractivity contribution in [1.82, 2.24) is 9.97 Å². The van der Waals surface area contributed by atoms with E-state index >= 15 is 0 Å². The quantitative estimate of drug-likeness (QED) is 0.543. The monoisotopic (exact) mass is 186 g/mol. The van der Waals surface area contributed by atoms with Gasteiger partial charge in [-0.25, -0.2) is 9.78 Å². The molecule has 0 aliphatic heterocycles. The second-order valence-electron chi connectivity index (χ2n) is 3.01. The van der Waals surface area contributed by atoms with Gasteiger partial charge in [-0.3, -0.25) is 0 Å². The molecule has 0 fully saturated rings. The first-order valence-electron chi connectivity index (χ1n) is 4.21. The van der Waals surface area contributed by atoms with Crippen molar-refractivity contribution in [2.24, 2.45) is 0 Å². The molecule has 68 valence electrons. The summed E-state index contributed by atoms with van der Waals surface area (Å²) in [6.07, 6.45) is 1.49. The summed E-state index contributed by atoms with van der Waals surface area (Å²) in [4.78, 5) is 18.2. The zero-order chi connectivity index (χ0) is 9.54. The van der Waals surface area contributed by atoms with Gasteiger partial charge in [-0.1, -0.05) is 12.1 Å². The van der Waals surface area contributed by atoms with Gasteiger partial charge >= 0.3 is 5.63 Å². The standard InChI is InChI=1S/C10H6N2O2/c13-10-9-8(11-5-12-9)6-3-1-2-4-7(6)14-10/h1-5H,(H,11,12). The van der Waals surface area contributed by atoms with Crippen LogP contribution in [0.3, 0.4) is 0 Å². The Hall–Kier alpha value is -2.10. The van der Waals surface area contributed by atoms with E-state index in [4.69, 9.17) is 4.42 Å². The smallest absolute Gasteiger partial charge is 0.364 e. The molecule has 3 rings (SSSR count). The first-order chi connectivity index (χ1) is 6.86. The molecule has 1 N–H and O–H groups in total. The summed E-state index contributed by atoms with van der Waals surface area (Å²) in [5.74, 6) is 0. The largest absolute Gasteiger partial charge is 0.421 e. The number of imidazole rings is 1. The summed E-state index contributed by atoms with van der Waals surface area (Å²) in [6, 6.07) is 7.37. The molecule has 4 heteroatoms. The van der Waals surface area contributed by atoms with E-state index in [9.17, 15) is 4.79 Å². The lowest BCUT2D eigenvalue weighted by Crippen LogP contribution is -1.99. The normalized spacial score (nSPS) is 11.1. The summed E-state index contributed by atoms with van der Waals surface area (Å²) in [5.41, 5.74) is 1.26. The van der Waals surface area contributed by atoms with Crippen molar-refractivity contribution in [3.8, 4) is 0 Å². The molecule has 0 aliphatic carbocycles. The number of para-hydroxylation sites is 1. The van der Waals surface area contributed by atoms with Gasteiger partial charge in [0.15, 0.2) is 5.52 Å². The maximum Gasteiger partial charge on any atom is 0.364 e. The van der Waals surface area contributed by atoms with E-state index in [1.165, 1.54) is 6.33 Å². The first-order valence-corrected chi connectivity index (χ1v) is 4.21. The van der Waals surface area contributed by atoms with Gasteiger partial charge < -0.3 is 9.40 Å². The lowest BCUT2D eigenvalue weighted by atomic mass is 10.2. The SMILES string of the molecule is O=c1oc2ccccc2c2[nH]cnc12. The Morgan fingerprint density at radius 3 is 3.07 bits per heavy atom. The highest BCUT2D eigenvalue weighted by Gasteiger charge is 2.07. The Morgan fingerprint density at radius 1 is 1.29 bits per heavy atom. The Balaban J connectivity index is 2.73. The topological polar surface area (TPSA) is 58.9 Å². The van der Waals surface area contributed by atoms with Gasteiger partial charge in [0.25, 0.3) is 0 Å². The van der Waals surface area contributed by atoms with Crippen molar-refractivity contribution in [2.75, 3.05) is 0 Å². The van der Waals surface area contributed by atoms with Crippen LogP contribution in [0.2, 0.25) is 0 Å². The first kappa shape index (κ1) is 7.32. The fourth-order valence-corrected chi connectivity index (χ4v) is 1.56. The molecule has 0 amide bonds. The Kier molecular flexibility index (Phi) is 1.28. The van der Waals surface area contributed by atoms with Crippen LogP contribution >= 0.6 is 0 Å². The van der Waals surface area contributed by atoms with E-state index < -0.39 is 5.63 Å². The number of H-pyrrole nitrogens is 1. The van der Waals surface area contributed by atoms with E-state index in [1.807, 2.05) is 18.2 Å². The highest BCUT2D eigenvalue weighted by Crippen LogP contribution is 2.18. The van der Waals surface area contributed by atoms with Crippen molar-refractivity contribution in [1.29, 1.82) is 0 Å². The van der Waals surface area contributed by atoms with Gasteiger partial charge in [0.2, 0.25) is 0 Å². The van der Waals surface area contributed by atoms with Crippen molar-refractivity contribution in [2.45, 2.75) is 0 Å². The van der Waals surface area contributed by atoms with Crippen LogP contribution in [0.25, 0.3) is 22.0 Å². The number of aromatic nitrogens is 2. The van der Waals surface area contributed by atoms with Crippen molar-refractivity contribution < 1.29 is 4.42 Å². The number of nitrogens with zero attached hydrogens (tertiary/aromatic N) is 1. The molecule has 4 nitrogen and oxygen atoms in total. The second-order valence-corrected chi connectivity index (χ2v) is 3.01. The van der Waals surface area contributed by atoms with Gasteiger partial charge in [0.1, 0.15) is 5.58 Å². The molecular formula is C10H6N2O2. The van der Waals surface area contributed by atoms with Crippen LogP contribution in [0.15, 0.2) is 39.8 Å². The van der Waals surface area contributed by atoms with E-state index in [2.05, 4.69) is 9.97 Å². The number of hydrogen-bond acceptors (Lipinski definition) is 3. The van der Waals surface area contributed by atoms with Gasteiger partial charge in [-0.05, 0) is 12.1 Å². The minimum atomic E-state index is -0.403. The Bertz CT molecular complexity index is 666. The third-order valence-corrected chi connectivity index (χ3v) is 2.19. The lowest BCUT2D eigenvalue weighted by Gasteiger charge is -1.95. The van der Waals surface area contributed by atoms with Crippen LogP contribution in [0, 0.1) is 0 Å². The average Bonchev–Trinajstić information content (AvgIpc) is 2.67. The van der Waals surface area contributed by atoms with Crippen LogP contribution in [-0.4, -0.2) is 9.97 Å². The second kappa shape index (κ2) is 2.45. The Morgan fingerprint density at radius 2 is 2.14 bits per heavy atom. The molecule has 0 unspecified atom stereocenters. The van der Waals surface area contributed by atoms with Gasteiger partial charge in [-0.15, -0.1) is 0 Å². The van der Waals surface area contributed by atoms with Gasteiger partial charge in [0, 0.05) is 5.39 Å². The molecule has 0 aliphatic rings. The molecule has 2 heterocycles. The number of rotatable bonds is 0. The summed E-state index contributed by atoms with van der Waals surface area (Å²) in [6.45, 7) is 0. The number of nitrogens with one attached hydrogen (secondary N) is 1. The lowest BCUT2D eigenvalue weighted by molar-refractivity contribution is 0.568. The molecule has 0 atom stereocenters. The maximum absolute atomic E-state index is 11.4. The molecule has 14 heavy (non-hydrogen) atoms. The van der Waals surface area contributed by atoms with E-state index in [0.717, 1.165) is 10.9 Å². The molecule has 0 saturated carbocycles. The number of aromatic amines is 1. The summed E-state index contributed by atoms with van der Waals surface area (Å²) >= 11 is 0. The number of hydrogen-bond donors (Lipinski definition) is 1. The van der Waals surface area contributed by atoms with Crippen LogP contribution < -0.4 is 5.63 Å². The van der Waals surface area contributed by atoms with Crippen LogP contribution in [0.1, 0.15) is 0 Å². The van der Waals surface area contributed by atoms with Crippen molar-refractivity contribution in [3.63, 3.8) is 0 Å². The minimum Gasteiger partial charge on any atom is -0.421 e. The highest BCUT2D eigenvalue weighted by atomic mass is 16.4. The maximum atomic E-state index is 11.4. The van der Waals surface area contributed by atoms with E-state index in [-0.39, 0.29) is 0 Å². The van der Waals surface area contributed by atoms with Crippen molar-refractivity contribution >= 4 is 22.0 Å². The average molecular weight is 186 g/mol. The minimum absolute atomic E-state index is 0.351. The van der Waals surface area contributed by atoms with Crippen molar-refractivity contribution in [3.05, 3.63) is 41.0 Å². The van der Waals surface area contributed by atoms with E-state index in [0.29, 0.717) is 11.1 Å². The predicted molar refractivity (Wildman–Crippen MR) is 52.1 cm³/mol. The summed E-state index contributed by atoms with van der Waals surface area (Å²) in [7, 11) is 0. The van der Waals surface area contributed by atoms with Crippen LogP contribution in [0.4, 0.5) is 0 Å². The number of benzene rings is 1. The van der Waals surface area contributed by atoms with Gasteiger partial charge in [-0.2, -0.15) is 0 Å². The zero-order valence-corrected chi connectivity index (χ0v) is 7.15. The molecule has 0 saturated heterocycles. The molecule has 3 aromatic rings. The highest BCUT2D eigenvalue weighted by molar-refractivity contribution is 6.00.